The molecule has 1 aromatic rings. The molecule has 1 unspecified atom stereocenters. The van der Waals surface area contributed by atoms with Crippen LogP contribution in [0.1, 0.15) is 30.4 Å². The molecule has 0 aliphatic heterocycles. The number of rotatable bonds is 4. The Balaban J connectivity index is 0.00000180. The molecule has 5 heteroatoms. The van der Waals surface area contributed by atoms with E-state index in [0.717, 1.165) is 19.3 Å². The van der Waals surface area contributed by atoms with Crippen molar-refractivity contribution in [1.82, 2.24) is 5.32 Å². The molecule has 19 heavy (non-hydrogen) atoms. The molecule has 1 atom stereocenters. The van der Waals surface area contributed by atoms with E-state index in [4.69, 9.17) is 0 Å². The van der Waals surface area contributed by atoms with Gasteiger partial charge < -0.3 is 15.2 Å². The van der Waals surface area contributed by atoms with Crippen molar-refractivity contribution >= 4 is 11.9 Å². The van der Waals surface area contributed by atoms with Crippen LogP contribution < -0.4 is 40.0 Å². The minimum atomic E-state index is -1.18. The maximum atomic E-state index is 11.5. The minimum Gasteiger partial charge on any atom is -0.550 e. The van der Waals surface area contributed by atoms with Gasteiger partial charge in [-0.3, -0.25) is 4.79 Å². The van der Waals surface area contributed by atoms with Crippen molar-refractivity contribution in [1.29, 1.82) is 0 Å². The maximum Gasteiger partial charge on any atom is 1.00 e. The van der Waals surface area contributed by atoms with Gasteiger partial charge in [0.2, 0.25) is 5.91 Å². The van der Waals surface area contributed by atoms with Crippen molar-refractivity contribution in [3.63, 3.8) is 0 Å². The van der Waals surface area contributed by atoms with E-state index in [2.05, 4.69) is 17.4 Å². The maximum absolute atomic E-state index is 11.5. The number of benzene rings is 1. The average Bonchev–Trinajstić information content (AvgIpc) is 2.36. The summed E-state index contributed by atoms with van der Waals surface area (Å²) in [7, 11) is 0. The Hall–Kier alpha value is -0.840. The Morgan fingerprint density at radius 2 is 1.89 bits per heavy atom. The third-order valence-corrected chi connectivity index (χ3v) is 3.27. The molecular formula is C14H16NNaO3. The van der Waals surface area contributed by atoms with E-state index in [9.17, 15) is 14.7 Å². The van der Waals surface area contributed by atoms with Crippen molar-refractivity contribution in [3.8, 4) is 0 Å². The monoisotopic (exact) mass is 269 g/mol. The SMILES string of the molecule is O=C([O-])CCC(=O)NC1CCc2ccccc2C1.[Na+]. The molecule has 1 amide bonds. The van der Waals surface area contributed by atoms with Gasteiger partial charge in [0.25, 0.3) is 0 Å². The predicted octanol–water partition coefficient (Wildman–Crippen LogP) is -2.81. The number of fused-ring (bicyclic) bond motifs is 1. The first-order valence-electron chi connectivity index (χ1n) is 6.21. The zero-order valence-corrected chi connectivity index (χ0v) is 13.1. The standard InChI is InChI=1S/C14H17NO3.Na/c16-13(7-8-14(17)18)15-12-6-5-10-3-1-2-4-11(10)9-12;/h1-4,12H,5-9H2,(H,15,16)(H,17,18);/q;+1/p-1. The third kappa shape index (κ3) is 4.97. The van der Waals surface area contributed by atoms with Gasteiger partial charge in [-0.15, -0.1) is 0 Å². The Morgan fingerprint density at radius 1 is 1.21 bits per heavy atom. The quantitative estimate of drug-likeness (QED) is 0.600. The number of hydrogen-bond donors (Lipinski definition) is 1. The van der Waals surface area contributed by atoms with Crippen molar-refractivity contribution in [2.45, 2.75) is 38.1 Å². The summed E-state index contributed by atoms with van der Waals surface area (Å²) in [5.74, 6) is -1.39. The molecular weight excluding hydrogens is 253 g/mol. The number of hydrogen-bond acceptors (Lipinski definition) is 3. The Kier molecular flexibility index (Phi) is 6.55. The van der Waals surface area contributed by atoms with Crippen LogP contribution in [0.2, 0.25) is 0 Å². The molecule has 1 aliphatic rings. The van der Waals surface area contributed by atoms with Crippen molar-refractivity contribution in [2.24, 2.45) is 0 Å². The summed E-state index contributed by atoms with van der Waals surface area (Å²) in [4.78, 5) is 21.8. The van der Waals surface area contributed by atoms with Gasteiger partial charge in [0.15, 0.2) is 0 Å². The number of carbonyl (C=O) groups is 2. The van der Waals surface area contributed by atoms with Crippen LogP contribution in [0.15, 0.2) is 24.3 Å². The fourth-order valence-electron chi connectivity index (χ4n) is 2.34. The van der Waals surface area contributed by atoms with Crippen molar-refractivity contribution in [3.05, 3.63) is 35.4 Å². The summed E-state index contributed by atoms with van der Waals surface area (Å²) < 4.78 is 0. The van der Waals surface area contributed by atoms with Gasteiger partial charge in [-0.2, -0.15) is 0 Å². The van der Waals surface area contributed by atoms with E-state index in [1.165, 1.54) is 11.1 Å². The van der Waals surface area contributed by atoms with Gasteiger partial charge in [0, 0.05) is 18.4 Å². The Bertz CT molecular complexity index is 462. The molecule has 1 aromatic carbocycles. The normalized spacial score (nSPS) is 16.9. The number of aliphatic carboxylic acids is 1. The first-order chi connectivity index (χ1) is 8.65. The molecule has 0 saturated heterocycles. The number of amides is 1. The molecule has 4 nitrogen and oxygen atoms in total. The number of carbonyl (C=O) groups excluding carboxylic acids is 2. The molecule has 0 fully saturated rings. The van der Waals surface area contributed by atoms with Crippen molar-refractivity contribution in [2.75, 3.05) is 0 Å². The molecule has 1 aliphatic carbocycles. The van der Waals surface area contributed by atoms with Crippen LogP contribution in [-0.2, 0) is 22.4 Å². The fourth-order valence-corrected chi connectivity index (χ4v) is 2.34. The first-order valence-corrected chi connectivity index (χ1v) is 6.21. The molecule has 96 valence electrons. The second-order valence-electron chi connectivity index (χ2n) is 4.65. The van der Waals surface area contributed by atoms with Crippen LogP contribution in [0.5, 0.6) is 0 Å². The zero-order valence-electron chi connectivity index (χ0n) is 11.1. The summed E-state index contributed by atoms with van der Waals surface area (Å²) in [5, 5.41) is 13.2. The van der Waals surface area contributed by atoms with E-state index >= 15 is 0 Å². The van der Waals surface area contributed by atoms with Crippen LogP contribution in [0.25, 0.3) is 0 Å². The molecule has 0 saturated carbocycles. The van der Waals surface area contributed by atoms with Gasteiger partial charge in [-0.05, 0) is 36.8 Å². The summed E-state index contributed by atoms with van der Waals surface area (Å²) in [6, 6.07) is 8.34. The van der Waals surface area contributed by atoms with Crippen molar-refractivity contribution < 1.29 is 44.3 Å². The molecule has 0 radical (unpaired) electrons. The first kappa shape index (κ1) is 16.2. The molecule has 0 heterocycles. The molecule has 0 spiro atoms. The van der Waals surface area contributed by atoms with E-state index in [1.54, 1.807) is 0 Å². The van der Waals surface area contributed by atoms with Crippen LogP contribution >= 0.6 is 0 Å². The third-order valence-electron chi connectivity index (χ3n) is 3.27. The summed E-state index contributed by atoms with van der Waals surface area (Å²) in [6.07, 6.45) is 2.48. The van der Waals surface area contributed by atoms with Gasteiger partial charge in [-0.25, -0.2) is 0 Å². The molecule has 1 N–H and O–H groups in total. The van der Waals surface area contributed by atoms with Crippen LogP contribution in [-0.4, -0.2) is 17.9 Å². The summed E-state index contributed by atoms with van der Waals surface area (Å²) >= 11 is 0. The van der Waals surface area contributed by atoms with E-state index in [-0.39, 0.29) is 54.3 Å². The van der Waals surface area contributed by atoms with Crippen LogP contribution in [0.4, 0.5) is 0 Å². The largest absolute Gasteiger partial charge is 1.00 e. The minimum absolute atomic E-state index is 0. The van der Waals surface area contributed by atoms with Crippen LogP contribution in [0, 0.1) is 0 Å². The fraction of sp³-hybridized carbons (Fsp3) is 0.429. The smallest absolute Gasteiger partial charge is 0.550 e. The second kappa shape index (κ2) is 7.68. The zero-order chi connectivity index (χ0) is 13.0. The number of carboxylic acid groups (broad SMARTS) is 1. The second-order valence-corrected chi connectivity index (χ2v) is 4.65. The van der Waals surface area contributed by atoms with Gasteiger partial charge in [0.1, 0.15) is 0 Å². The average molecular weight is 269 g/mol. The Labute approximate surface area is 134 Å². The van der Waals surface area contributed by atoms with E-state index < -0.39 is 5.97 Å². The van der Waals surface area contributed by atoms with Gasteiger partial charge in [0.05, 0.1) is 0 Å². The van der Waals surface area contributed by atoms with E-state index in [1.807, 2.05) is 12.1 Å². The number of aryl methyl sites for hydroxylation is 1. The Morgan fingerprint density at radius 3 is 2.58 bits per heavy atom. The molecule has 0 aromatic heterocycles. The molecule has 2 rings (SSSR count). The van der Waals surface area contributed by atoms with Gasteiger partial charge in [-0.1, -0.05) is 24.3 Å². The van der Waals surface area contributed by atoms with Crippen LogP contribution in [0.3, 0.4) is 0 Å². The molecule has 0 bridgehead atoms. The number of carboxylic acids is 1. The summed E-state index contributed by atoms with van der Waals surface area (Å²) in [5.41, 5.74) is 2.62. The topological polar surface area (TPSA) is 69.2 Å². The number of nitrogens with one attached hydrogen (secondary N) is 1. The van der Waals surface area contributed by atoms with E-state index in [0.29, 0.717) is 0 Å². The summed E-state index contributed by atoms with van der Waals surface area (Å²) in [6.45, 7) is 0. The van der Waals surface area contributed by atoms with Gasteiger partial charge >= 0.3 is 29.6 Å². The predicted molar refractivity (Wildman–Crippen MR) is 64.6 cm³/mol.